The lowest BCUT2D eigenvalue weighted by Gasteiger charge is -2.30. The molecule has 14 heavy (non-hydrogen) atoms. The van der Waals surface area contributed by atoms with Crippen molar-refractivity contribution in [3.05, 3.63) is 34.9 Å². The summed E-state index contributed by atoms with van der Waals surface area (Å²) in [5.74, 6) is 0.506. The maximum absolute atomic E-state index is 9.89. The number of aliphatic hydroxyl groups is 1. The summed E-state index contributed by atoms with van der Waals surface area (Å²) in [6.07, 6.45) is 4.11. The van der Waals surface area contributed by atoms with E-state index in [1.165, 1.54) is 19.3 Å². The molecule has 2 heteroatoms. The first-order valence-corrected chi connectivity index (χ1v) is 5.56. The SMILES string of the molecule is OC(Cc1ccccc1Cl)C1CCC1. The van der Waals surface area contributed by atoms with Gasteiger partial charge < -0.3 is 5.11 Å². The number of hydrogen-bond donors (Lipinski definition) is 1. The molecule has 2 rings (SSSR count). The summed E-state index contributed by atoms with van der Waals surface area (Å²) in [5, 5.41) is 10.7. The highest BCUT2D eigenvalue weighted by Crippen LogP contribution is 2.31. The normalized spacial score (nSPS) is 19.0. The van der Waals surface area contributed by atoms with Crippen LogP contribution in [0.1, 0.15) is 24.8 Å². The van der Waals surface area contributed by atoms with E-state index in [-0.39, 0.29) is 6.10 Å². The number of halogens is 1. The molecule has 0 spiro atoms. The van der Waals surface area contributed by atoms with E-state index in [4.69, 9.17) is 11.6 Å². The van der Waals surface area contributed by atoms with E-state index in [9.17, 15) is 5.11 Å². The highest BCUT2D eigenvalue weighted by molar-refractivity contribution is 6.31. The largest absolute Gasteiger partial charge is 0.392 e. The van der Waals surface area contributed by atoms with Gasteiger partial charge in [0, 0.05) is 11.4 Å². The number of hydrogen-bond acceptors (Lipinski definition) is 1. The van der Waals surface area contributed by atoms with Crippen molar-refractivity contribution in [2.45, 2.75) is 31.8 Å². The second-order valence-electron chi connectivity index (χ2n) is 4.05. The quantitative estimate of drug-likeness (QED) is 0.813. The average Bonchev–Trinajstić information content (AvgIpc) is 2.05. The van der Waals surface area contributed by atoms with Crippen molar-refractivity contribution in [1.29, 1.82) is 0 Å². The molecule has 0 aromatic heterocycles. The number of rotatable bonds is 3. The molecule has 1 N–H and O–H groups in total. The molecule has 0 amide bonds. The lowest BCUT2D eigenvalue weighted by atomic mass is 9.79. The Morgan fingerprint density at radius 1 is 1.36 bits per heavy atom. The highest BCUT2D eigenvalue weighted by Gasteiger charge is 2.25. The third kappa shape index (κ3) is 2.10. The van der Waals surface area contributed by atoms with Crippen LogP contribution >= 0.6 is 11.6 Å². The summed E-state index contributed by atoms with van der Waals surface area (Å²) >= 11 is 6.02. The first-order chi connectivity index (χ1) is 6.77. The Labute approximate surface area is 89.7 Å². The first-order valence-electron chi connectivity index (χ1n) is 5.19. The fourth-order valence-electron chi connectivity index (χ4n) is 1.88. The highest BCUT2D eigenvalue weighted by atomic mass is 35.5. The van der Waals surface area contributed by atoms with Gasteiger partial charge in [0.15, 0.2) is 0 Å². The monoisotopic (exact) mass is 210 g/mol. The molecular weight excluding hydrogens is 196 g/mol. The second-order valence-corrected chi connectivity index (χ2v) is 4.46. The summed E-state index contributed by atoms with van der Waals surface area (Å²) in [6, 6.07) is 7.75. The standard InChI is InChI=1S/C12H15ClO/c13-11-7-2-1-4-10(11)8-12(14)9-5-3-6-9/h1-2,4,7,9,12,14H,3,5-6,8H2. The molecule has 1 aliphatic rings. The molecular formula is C12H15ClO. The van der Waals surface area contributed by atoms with E-state index in [0.29, 0.717) is 12.3 Å². The molecule has 1 nitrogen and oxygen atoms in total. The maximum atomic E-state index is 9.89. The Morgan fingerprint density at radius 2 is 2.07 bits per heavy atom. The molecule has 1 aromatic rings. The van der Waals surface area contributed by atoms with Crippen LogP contribution in [0.2, 0.25) is 5.02 Å². The fraction of sp³-hybridized carbons (Fsp3) is 0.500. The second kappa shape index (κ2) is 4.33. The van der Waals surface area contributed by atoms with Crippen molar-refractivity contribution in [3.8, 4) is 0 Å². The van der Waals surface area contributed by atoms with E-state index in [1.807, 2.05) is 24.3 Å². The van der Waals surface area contributed by atoms with Crippen molar-refractivity contribution in [1.82, 2.24) is 0 Å². The molecule has 0 saturated heterocycles. The summed E-state index contributed by atoms with van der Waals surface area (Å²) in [6.45, 7) is 0. The molecule has 0 bridgehead atoms. The van der Waals surface area contributed by atoms with Gasteiger partial charge in [-0.25, -0.2) is 0 Å². The van der Waals surface area contributed by atoms with Crippen LogP contribution in [-0.2, 0) is 6.42 Å². The van der Waals surface area contributed by atoms with Gasteiger partial charge in [-0.3, -0.25) is 0 Å². The van der Waals surface area contributed by atoms with E-state index in [0.717, 1.165) is 10.6 Å². The molecule has 0 heterocycles. The van der Waals surface area contributed by atoms with Gasteiger partial charge in [0.1, 0.15) is 0 Å². The molecule has 1 fully saturated rings. The molecule has 1 aliphatic carbocycles. The summed E-state index contributed by atoms with van der Waals surface area (Å²) in [4.78, 5) is 0. The Balaban J connectivity index is 1.99. The van der Waals surface area contributed by atoms with Crippen LogP contribution < -0.4 is 0 Å². The van der Waals surface area contributed by atoms with E-state index >= 15 is 0 Å². The van der Waals surface area contributed by atoms with Crippen LogP contribution in [-0.4, -0.2) is 11.2 Å². The molecule has 1 saturated carbocycles. The van der Waals surface area contributed by atoms with Gasteiger partial charge in [-0.05, 0) is 30.4 Å². The smallest absolute Gasteiger partial charge is 0.0609 e. The molecule has 0 aliphatic heterocycles. The van der Waals surface area contributed by atoms with E-state index < -0.39 is 0 Å². The van der Waals surface area contributed by atoms with Crippen LogP contribution in [0.4, 0.5) is 0 Å². The minimum Gasteiger partial charge on any atom is -0.392 e. The van der Waals surface area contributed by atoms with Gasteiger partial charge >= 0.3 is 0 Å². The van der Waals surface area contributed by atoms with E-state index in [2.05, 4.69) is 0 Å². The summed E-state index contributed by atoms with van der Waals surface area (Å²) in [5.41, 5.74) is 1.06. The first kappa shape index (κ1) is 10.0. The van der Waals surface area contributed by atoms with Gasteiger partial charge in [-0.15, -0.1) is 0 Å². The molecule has 76 valence electrons. The third-order valence-corrected chi connectivity index (χ3v) is 3.45. The van der Waals surface area contributed by atoms with Crippen LogP contribution in [0, 0.1) is 5.92 Å². The van der Waals surface area contributed by atoms with Crippen LogP contribution in [0.3, 0.4) is 0 Å². The van der Waals surface area contributed by atoms with Crippen molar-refractivity contribution >= 4 is 11.6 Å². The molecule has 1 atom stereocenters. The number of benzene rings is 1. The predicted octanol–water partition coefficient (Wildman–Crippen LogP) is 3.04. The third-order valence-electron chi connectivity index (χ3n) is 3.08. The topological polar surface area (TPSA) is 20.2 Å². The predicted molar refractivity (Wildman–Crippen MR) is 58.5 cm³/mol. The summed E-state index contributed by atoms with van der Waals surface area (Å²) < 4.78 is 0. The minimum atomic E-state index is -0.205. The summed E-state index contributed by atoms with van der Waals surface area (Å²) in [7, 11) is 0. The Morgan fingerprint density at radius 3 is 2.64 bits per heavy atom. The molecule has 1 aromatic carbocycles. The lowest BCUT2D eigenvalue weighted by molar-refractivity contribution is 0.0630. The van der Waals surface area contributed by atoms with Crippen LogP contribution in [0.5, 0.6) is 0 Å². The van der Waals surface area contributed by atoms with Gasteiger partial charge in [0.25, 0.3) is 0 Å². The zero-order valence-corrected chi connectivity index (χ0v) is 8.87. The molecule has 0 radical (unpaired) electrons. The van der Waals surface area contributed by atoms with Crippen molar-refractivity contribution < 1.29 is 5.11 Å². The lowest BCUT2D eigenvalue weighted by Crippen LogP contribution is -2.28. The zero-order valence-electron chi connectivity index (χ0n) is 8.12. The van der Waals surface area contributed by atoms with Crippen LogP contribution in [0.25, 0.3) is 0 Å². The zero-order chi connectivity index (χ0) is 9.97. The minimum absolute atomic E-state index is 0.205. The number of aliphatic hydroxyl groups excluding tert-OH is 1. The average molecular weight is 211 g/mol. The van der Waals surface area contributed by atoms with Crippen LogP contribution in [0.15, 0.2) is 24.3 Å². The van der Waals surface area contributed by atoms with Crippen molar-refractivity contribution in [3.63, 3.8) is 0 Å². The Hall–Kier alpha value is -0.530. The van der Waals surface area contributed by atoms with Crippen molar-refractivity contribution in [2.75, 3.05) is 0 Å². The molecule has 1 unspecified atom stereocenters. The Bertz CT molecular complexity index is 307. The van der Waals surface area contributed by atoms with Gasteiger partial charge in [0.05, 0.1) is 6.10 Å². The van der Waals surface area contributed by atoms with E-state index in [1.54, 1.807) is 0 Å². The Kier molecular flexibility index (Phi) is 3.09. The fourth-order valence-corrected chi connectivity index (χ4v) is 2.09. The van der Waals surface area contributed by atoms with Gasteiger partial charge in [-0.2, -0.15) is 0 Å². The van der Waals surface area contributed by atoms with Crippen molar-refractivity contribution in [2.24, 2.45) is 5.92 Å². The van der Waals surface area contributed by atoms with Gasteiger partial charge in [-0.1, -0.05) is 36.2 Å². The maximum Gasteiger partial charge on any atom is 0.0609 e. The van der Waals surface area contributed by atoms with Gasteiger partial charge in [0.2, 0.25) is 0 Å².